The van der Waals surface area contributed by atoms with Gasteiger partial charge >= 0.3 is 0 Å². The number of anilines is 1. The van der Waals surface area contributed by atoms with Crippen molar-refractivity contribution >= 4 is 33.4 Å². The molecule has 0 spiro atoms. The van der Waals surface area contributed by atoms with E-state index in [0.717, 1.165) is 12.0 Å². The third-order valence-electron chi connectivity index (χ3n) is 4.35. The van der Waals surface area contributed by atoms with E-state index >= 15 is 0 Å². The Hall–Kier alpha value is -3.26. The van der Waals surface area contributed by atoms with E-state index in [0.29, 0.717) is 40.4 Å². The van der Waals surface area contributed by atoms with Crippen LogP contribution < -0.4 is 20.1 Å². The Morgan fingerprint density at radius 1 is 1.10 bits per heavy atom. The van der Waals surface area contributed by atoms with Crippen LogP contribution in [0.25, 0.3) is 0 Å². The molecule has 0 saturated heterocycles. The van der Waals surface area contributed by atoms with Crippen molar-refractivity contribution in [2.75, 3.05) is 19.0 Å². The van der Waals surface area contributed by atoms with Gasteiger partial charge in [0.1, 0.15) is 0 Å². The van der Waals surface area contributed by atoms with Crippen molar-refractivity contribution in [1.82, 2.24) is 5.32 Å². The summed E-state index contributed by atoms with van der Waals surface area (Å²) in [6.45, 7) is 2.90. The molecule has 7 nitrogen and oxygen atoms in total. The van der Waals surface area contributed by atoms with E-state index in [9.17, 15) is 9.59 Å². The quantitative estimate of drug-likeness (QED) is 0.443. The lowest BCUT2D eigenvalue weighted by Gasteiger charge is -2.14. The van der Waals surface area contributed by atoms with Crippen LogP contribution in [0, 0.1) is 0 Å². The lowest BCUT2D eigenvalue weighted by atomic mass is 10.1. The molecule has 0 fully saturated rings. The van der Waals surface area contributed by atoms with Crippen LogP contribution in [0.3, 0.4) is 0 Å². The van der Waals surface area contributed by atoms with Crippen molar-refractivity contribution in [3.05, 3.63) is 76.2 Å². The van der Waals surface area contributed by atoms with Gasteiger partial charge in [0, 0.05) is 17.8 Å². The molecule has 0 radical (unpaired) electrons. The monoisotopic (exact) mass is 486 g/mol. The molecule has 162 valence electrons. The van der Waals surface area contributed by atoms with Crippen LogP contribution in [-0.2, 0) is 6.54 Å². The first kappa shape index (κ1) is 22.4. The first-order valence-electron chi connectivity index (χ1n) is 9.74. The van der Waals surface area contributed by atoms with Crippen molar-refractivity contribution in [3.8, 4) is 11.5 Å². The third kappa shape index (κ3) is 5.88. The fourth-order valence-corrected chi connectivity index (χ4v) is 3.34. The zero-order chi connectivity index (χ0) is 22.2. The molecular weight excluding hydrogens is 464 g/mol. The Morgan fingerprint density at radius 2 is 1.87 bits per heavy atom. The zero-order valence-corrected chi connectivity index (χ0v) is 18.8. The Labute approximate surface area is 188 Å². The molecule has 31 heavy (non-hydrogen) atoms. The molecule has 3 rings (SSSR count). The van der Waals surface area contributed by atoms with Crippen molar-refractivity contribution in [3.63, 3.8) is 0 Å². The van der Waals surface area contributed by atoms with E-state index in [2.05, 4.69) is 26.6 Å². The molecule has 0 bridgehead atoms. The van der Waals surface area contributed by atoms with Crippen LogP contribution in [0.15, 0.2) is 63.7 Å². The molecule has 0 saturated carbocycles. The number of methoxy groups -OCH3 is 1. The standard InChI is InChI=1S/C23H23BrN2O5/c1-3-10-31-21-18(24)12-16(13-20(21)29-2)22(27)25-14-15-6-8-17(9-7-15)26-23(28)19-5-4-11-30-19/h4-9,11-13H,3,10,14H2,1-2H3,(H,25,27)(H,26,28). The van der Waals surface area contributed by atoms with Crippen molar-refractivity contribution in [2.24, 2.45) is 0 Å². The van der Waals surface area contributed by atoms with Gasteiger partial charge in [0.25, 0.3) is 11.8 Å². The minimum atomic E-state index is -0.322. The molecule has 1 heterocycles. The smallest absolute Gasteiger partial charge is 0.291 e. The molecule has 3 aromatic rings. The van der Waals surface area contributed by atoms with Gasteiger partial charge in [0.05, 0.1) is 24.5 Å². The predicted molar refractivity (Wildman–Crippen MR) is 121 cm³/mol. The molecule has 0 aliphatic carbocycles. The van der Waals surface area contributed by atoms with Crippen molar-refractivity contribution < 1.29 is 23.5 Å². The summed E-state index contributed by atoms with van der Waals surface area (Å²) in [6.07, 6.45) is 2.31. The number of nitrogens with one attached hydrogen (secondary N) is 2. The number of carbonyl (C=O) groups is 2. The molecule has 0 atom stereocenters. The van der Waals surface area contributed by atoms with E-state index in [4.69, 9.17) is 13.9 Å². The number of ether oxygens (including phenoxy) is 2. The van der Waals surface area contributed by atoms with Crippen LogP contribution in [0.1, 0.15) is 39.8 Å². The molecule has 2 N–H and O–H groups in total. The highest BCUT2D eigenvalue weighted by Crippen LogP contribution is 2.36. The number of halogens is 1. The zero-order valence-electron chi connectivity index (χ0n) is 17.2. The van der Waals surface area contributed by atoms with E-state index < -0.39 is 0 Å². The molecule has 2 amide bonds. The number of carbonyl (C=O) groups excluding carboxylic acids is 2. The summed E-state index contributed by atoms with van der Waals surface area (Å²) in [5.74, 6) is 0.745. The number of amides is 2. The minimum Gasteiger partial charge on any atom is -0.493 e. The van der Waals surface area contributed by atoms with Crippen LogP contribution in [0.2, 0.25) is 0 Å². The molecule has 2 aromatic carbocycles. The lowest BCUT2D eigenvalue weighted by Crippen LogP contribution is -2.23. The number of rotatable bonds is 9. The predicted octanol–water partition coefficient (Wildman–Crippen LogP) is 5.02. The fourth-order valence-electron chi connectivity index (χ4n) is 2.79. The normalized spacial score (nSPS) is 10.4. The SMILES string of the molecule is CCCOc1c(Br)cc(C(=O)NCc2ccc(NC(=O)c3ccco3)cc2)cc1OC. The van der Waals surface area contributed by atoms with Gasteiger partial charge < -0.3 is 24.5 Å². The summed E-state index contributed by atoms with van der Waals surface area (Å²) in [6, 6.07) is 13.8. The number of hydrogen-bond acceptors (Lipinski definition) is 5. The van der Waals surface area contributed by atoms with Crippen molar-refractivity contribution in [2.45, 2.75) is 19.9 Å². The fraction of sp³-hybridized carbons (Fsp3) is 0.217. The van der Waals surface area contributed by atoms with Crippen LogP contribution >= 0.6 is 15.9 Å². The van der Waals surface area contributed by atoms with Crippen molar-refractivity contribution in [1.29, 1.82) is 0 Å². The minimum absolute atomic E-state index is 0.240. The molecular formula is C23H23BrN2O5. The first-order chi connectivity index (χ1) is 15.0. The summed E-state index contributed by atoms with van der Waals surface area (Å²) in [4.78, 5) is 24.6. The molecule has 0 aliphatic rings. The summed E-state index contributed by atoms with van der Waals surface area (Å²) in [7, 11) is 1.54. The average molecular weight is 487 g/mol. The van der Waals surface area contributed by atoms with Gasteiger partial charge in [-0.2, -0.15) is 0 Å². The average Bonchev–Trinajstić information content (AvgIpc) is 3.32. The highest BCUT2D eigenvalue weighted by molar-refractivity contribution is 9.10. The molecule has 0 unspecified atom stereocenters. The Bertz CT molecular complexity index is 1030. The maximum Gasteiger partial charge on any atom is 0.291 e. The highest BCUT2D eigenvalue weighted by atomic mass is 79.9. The van der Waals surface area contributed by atoms with E-state index in [-0.39, 0.29) is 17.6 Å². The van der Waals surface area contributed by atoms with Crippen LogP contribution in [0.5, 0.6) is 11.5 Å². The number of furan rings is 1. The first-order valence-corrected chi connectivity index (χ1v) is 10.5. The topological polar surface area (TPSA) is 89.8 Å². The van der Waals surface area contributed by atoms with Gasteiger partial charge in [-0.1, -0.05) is 19.1 Å². The summed E-state index contributed by atoms with van der Waals surface area (Å²) < 4.78 is 16.8. The second-order valence-corrected chi connectivity index (χ2v) is 7.50. The lowest BCUT2D eigenvalue weighted by molar-refractivity contribution is 0.0949. The van der Waals surface area contributed by atoms with E-state index in [1.165, 1.54) is 13.4 Å². The highest BCUT2D eigenvalue weighted by Gasteiger charge is 2.15. The largest absolute Gasteiger partial charge is 0.493 e. The third-order valence-corrected chi connectivity index (χ3v) is 4.94. The van der Waals surface area contributed by atoms with Gasteiger partial charge in [-0.15, -0.1) is 0 Å². The summed E-state index contributed by atoms with van der Waals surface area (Å²) in [5.41, 5.74) is 1.97. The maximum atomic E-state index is 12.6. The number of hydrogen-bond donors (Lipinski definition) is 2. The summed E-state index contributed by atoms with van der Waals surface area (Å²) >= 11 is 3.45. The molecule has 0 aliphatic heterocycles. The summed E-state index contributed by atoms with van der Waals surface area (Å²) in [5, 5.41) is 5.63. The second kappa shape index (κ2) is 10.7. The van der Waals surface area contributed by atoms with Gasteiger partial charge in [-0.3, -0.25) is 9.59 Å². The Kier molecular flexibility index (Phi) is 7.72. The molecule has 8 heteroatoms. The van der Waals surface area contributed by atoms with Gasteiger partial charge in [-0.25, -0.2) is 0 Å². The number of benzene rings is 2. The van der Waals surface area contributed by atoms with Crippen LogP contribution in [-0.4, -0.2) is 25.5 Å². The maximum absolute atomic E-state index is 12.6. The second-order valence-electron chi connectivity index (χ2n) is 6.65. The van der Waals surface area contributed by atoms with Crippen LogP contribution in [0.4, 0.5) is 5.69 Å². The molecule has 1 aromatic heterocycles. The van der Waals surface area contributed by atoms with Gasteiger partial charge in [-0.05, 0) is 64.3 Å². The van der Waals surface area contributed by atoms with Gasteiger partial charge in [0.2, 0.25) is 0 Å². The van der Waals surface area contributed by atoms with E-state index in [1.807, 2.05) is 19.1 Å². The van der Waals surface area contributed by atoms with E-state index in [1.54, 1.807) is 36.4 Å². The Morgan fingerprint density at radius 3 is 2.52 bits per heavy atom. The Balaban J connectivity index is 1.60. The van der Waals surface area contributed by atoms with Gasteiger partial charge in [0.15, 0.2) is 17.3 Å².